The van der Waals surface area contributed by atoms with Crippen LogP contribution in [0.15, 0.2) is 30.3 Å². The number of nitrogens with two attached hydrogens (primary N) is 1. The maximum Gasteiger partial charge on any atom is 0.0335 e. The van der Waals surface area contributed by atoms with Crippen LogP contribution in [0.5, 0.6) is 0 Å². The molecule has 2 aliphatic carbocycles. The molecule has 0 amide bonds. The molecule has 80 valence electrons. The van der Waals surface area contributed by atoms with Crippen molar-refractivity contribution in [3.63, 3.8) is 0 Å². The summed E-state index contributed by atoms with van der Waals surface area (Å²) in [6, 6.07) is 11.4. The largest absolute Gasteiger partial charge is 0.271 e. The zero-order chi connectivity index (χ0) is 10.3. The normalized spacial score (nSPS) is 24.9. The van der Waals surface area contributed by atoms with Gasteiger partial charge in [0.2, 0.25) is 0 Å². The monoisotopic (exact) mass is 202 g/mol. The lowest BCUT2D eigenvalue weighted by Gasteiger charge is -2.26. The van der Waals surface area contributed by atoms with E-state index in [1.54, 1.807) is 0 Å². The lowest BCUT2D eigenvalue weighted by atomic mass is 9.85. The average Bonchev–Trinajstić information content (AvgIpc) is 3.15. The molecule has 1 unspecified atom stereocenters. The lowest BCUT2D eigenvalue weighted by Crippen LogP contribution is -2.45. The quantitative estimate of drug-likeness (QED) is 0.578. The van der Waals surface area contributed by atoms with Gasteiger partial charge in [0.05, 0.1) is 0 Å². The van der Waals surface area contributed by atoms with Crippen LogP contribution >= 0.6 is 0 Å². The lowest BCUT2D eigenvalue weighted by molar-refractivity contribution is 0.381. The molecule has 2 fully saturated rings. The fraction of sp³-hybridized carbons (Fsp3) is 0.538. The summed E-state index contributed by atoms with van der Waals surface area (Å²) >= 11 is 0. The molecule has 2 nitrogen and oxygen atoms in total. The highest BCUT2D eigenvalue weighted by Gasteiger charge is 2.54. The van der Waals surface area contributed by atoms with Crippen LogP contribution in [-0.4, -0.2) is 6.04 Å². The van der Waals surface area contributed by atoms with Gasteiger partial charge in [-0.15, -0.1) is 0 Å². The van der Waals surface area contributed by atoms with Gasteiger partial charge in [-0.2, -0.15) is 0 Å². The van der Waals surface area contributed by atoms with E-state index in [4.69, 9.17) is 5.84 Å². The Kier molecular flexibility index (Phi) is 2.08. The molecule has 1 aromatic carbocycles. The van der Waals surface area contributed by atoms with Crippen LogP contribution in [0.4, 0.5) is 0 Å². The van der Waals surface area contributed by atoms with Gasteiger partial charge in [-0.25, -0.2) is 0 Å². The summed E-state index contributed by atoms with van der Waals surface area (Å²) < 4.78 is 0. The van der Waals surface area contributed by atoms with Crippen LogP contribution < -0.4 is 11.3 Å². The second-order valence-corrected chi connectivity index (χ2v) is 5.00. The number of rotatable bonds is 4. The molecule has 1 atom stereocenters. The first-order valence-electron chi connectivity index (χ1n) is 5.88. The van der Waals surface area contributed by atoms with E-state index >= 15 is 0 Å². The molecule has 2 saturated carbocycles. The van der Waals surface area contributed by atoms with Gasteiger partial charge in [0, 0.05) is 11.5 Å². The molecule has 0 heterocycles. The van der Waals surface area contributed by atoms with Gasteiger partial charge in [0.25, 0.3) is 0 Å². The molecule has 0 bridgehead atoms. The minimum absolute atomic E-state index is 0.358. The van der Waals surface area contributed by atoms with E-state index in [9.17, 15) is 0 Å². The Hall–Kier alpha value is -0.860. The number of nitrogens with one attached hydrogen (secondary N) is 1. The molecule has 0 aliphatic heterocycles. The third-order valence-electron chi connectivity index (χ3n) is 4.01. The molecule has 3 N–H and O–H groups in total. The van der Waals surface area contributed by atoms with E-state index in [0.29, 0.717) is 11.5 Å². The number of hydrogen-bond acceptors (Lipinski definition) is 2. The first kappa shape index (κ1) is 9.37. The van der Waals surface area contributed by atoms with Gasteiger partial charge >= 0.3 is 0 Å². The Bertz CT molecular complexity index is 339. The van der Waals surface area contributed by atoms with Gasteiger partial charge in [-0.05, 0) is 37.2 Å². The van der Waals surface area contributed by atoms with Crippen molar-refractivity contribution in [2.75, 3.05) is 0 Å². The topological polar surface area (TPSA) is 38.0 Å². The van der Waals surface area contributed by atoms with Crippen molar-refractivity contribution in [3.8, 4) is 0 Å². The van der Waals surface area contributed by atoms with Gasteiger partial charge < -0.3 is 0 Å². The molecule has 3 rings (SSSR count). The van der Waals surface area contributed by atoms with Crippen LogP contribution in [0.3, 0.4) is 0 Å². The molecule has 15 heavy (non-hydrogen) atoms. The highest BCUT2D eigenvalue weighted by molar-refractivity contribution is 5.34. The van der Waals surface area contributed by atoms with Crippen LogP contribution in [0.1, 0.15) is 31.2 Å². The molecular formula is C13H18N2. The zero-order valence-corrected chi connectivity index (χ0v) is 8.95. The summed E-state index contributed by atoms with van der Waals surface area (Å²) in [5.41, 5.74) is 4.90. The minimum Gasteiger partial charge on any atom is -0.271 e. The molecule has 1 aromatic rings. The first-order valence-corrected chi connectivity index (χ1v) is 5.88. The second-order valence-electron chi connectivity index (χ2n) is 5.00. The van der Waals surface area contributed by atoms with Crippen LogP contribution in [-0.2, 0) is 5.41 Å². The van der Waals surface area contributed by atoms with E-state index in [2.05, 4.69) is 35.8 Å². The summed E-state index contributed by atoms with van der Waals surface area (Å²) in [4.78, 5) is 0. The van der Waals surface area contributed by atoms with Crippen LogP contribution in [0.2, 0.25) is 0 Å². The summed E-state index contributed by atoms with van der Waals surface area (Å²) in [6.07, 6.45) is 5.29. The van der Waals surface area contributed by atoms with Gasteiger partial charge in [-0.1, -0.05) is 30.3 Å². The second kappa shape index (κ2) is 3.32. The van der Waals surface area contributed by atoms with E-state index in [1.807, 2.05) is 0 Å². The van der Waals surface area contributed by atoms with Gasteiger partial charge in [-0.3, -0.25) is 11.3 Å². The molecule has 0 radical (unpaired) electrons. The Morgan fingerprint density at radius 2 is 1.87 bits per heavy atom. The van der Waals surface area contributed by atoms with Crippen molar-refractivity contribution >= 4 is 0 Å². The van der Waals surface area contributed by atoms with E-state index in [0.717, 1.165) is 5.92 Å². The molecule has 0 spiro atoms. The highest BCUT2D eigenvalue weighted by Crippen LogP contribution is 2.56. The van der Waals surface area contributed by atoms with Crippen molar-refractivity contribution in [1.29, 1.82) is 0 Å². The molecule has 0 aromatic heterocycles. The Balaban J connectivity index is 1.89. The maximum absolute atomic E-state index is 5.73. The van der Waals surface area contributed by atoms with Crippen LogP contribution in [0, 0.1) is 5.92 Å². The van der Waals surface area contributed by atoms with Crippen molar-refractivity contribution < 1.29 is 0 Å². The number of benzene rings is 1. The van der Waals surface area contributed by atoms with E-state index in [-0.39, 0.29) is 0 Å². The number of hydrazine groups is 1. The summed E-state index contributed by atoms with van der Waals surface area (Å²) in [5, 5.41) is 0. The smallest absolute Gasteiger partial charge is 0.0335 e. The minimum atomic E-state index is 0.358. The summed E-state index contributed by atoms with van der Waals surface area (Å²) in [5.74, 6) is 6.54. The summed E-state index contributed by atoms with van der Waals surface area (Å²) in [6.45, 7) is 0. The zero-order valence-electron chi connectivity index (χ0n) is 8.95. The Morgan fingerprint density at radius 1 is 1.20 bits per heavy atom. The van der Waals surface area contributed by atoms with Gasteiger partial charge in [0.15, 0.2) is 0 Å². The van der Waals surface area contributed by atoms with E-state index in [1.165, 1.54) is 31.2 Å². The predicted molar refractivity (Wildman–Crippen MR) is 61.2 cm³/mol. The molecule has 2 aliphatic rings. The van der Waals surface area contributed by atoms with Crippen LogP contribution in [0.25, 0.3) is 0 Å². The standard InChI is InChI=1S/C13H18N2/c14-15-12(10-6-7-10)13(8-9-13)11-4-2-1-3-5-11/h1-5,10,12,15H,6-9,14H2. The number of hydrogen-bond donors (Lipinski definition) is 2. The van der Waals surface area contributed by atoms with Crippen molar-refractivity contribution in [2.45, 2.75) is 37.1 Å². The average molecular weight is 202 g/mol. The fourth-order valence-corrected chi connectivity index (χ4v) is 2.86. The van der Waals surface area contributed by atoms with Gasteiger partial charge in [0.1, 0.15) is 0 Å². The first-order chi connectivity index (χ1) is 7.37. The predicted octanol–water partition coefficient (Wildman–Crippen LogP) is 1.96. The molecule has 2 heteroatoms. The highest BCUT2D eigenvalue weighted by atomic mass is 15.2. The fourth-order valence-electron chi connectivity index (χ4n) is 2.86. The SMILES string of the molecule is NNC(C1CC1)C1(c2ccccc2)CC1. The Morgan fingerprint density at radius 3 is 2.33 bits per heavy atom. The van der Waals surface area contributed by atoms with Crippen molar-refractivity contribution in [2.24, 2.45) is 11.8 Å². The van der Waals surface area contributed by atoms with E-state index < -0.39 is 0 Å². The van der Waals surface area contributed by atoms with Crippen molar-refractivity contribution in [3.05, 3.63) is 35.9 Å². The molecule has 0 saturated heterocycles. The van der Waals surface area contributed by atoms with Crippen molar-refractivity contribution in [1.82, 2.24) is 5.43 Å². The summed E-state index contributed by atoms with van der Waals surface area (Å²) in [7, 11) is 0. The maximum atomic E-state index is 5.73. The molecular weight excluding hydrogens is 184 g/mol. The third kappa shape index (κ3) is 1.48. The Labute approximate surface area is 90.8 Å². The third-order valence-corrected chi connectivity index (χ3v) is 4.01.